The molecule has 0 N–H and O–H groups in total. The zero-order chi connectivity index (χ0) is 8.27. The minimum absolute atomic E-state index is 0.799. The minimum Gasteiger partial charge on any atom is -0.103 e. The van der Waals surface area contributed by atoms with Crippen LogP contribution in [0.4, 0.5) is 0 Å². The van der Waals surface area contributed by atoms with E-state index in [4.69, 9.17) is 11.6 Å². The lowest BCUT2D eigenvalue weighted by Crippen LogP contribution is -1.85. The van der Waals surface area contributed by atoms with Crippen LogP contribution in [0.1, 0.15) is 11.1 Å². The van der Waals surface area contributed by atoms with Crippen molar-refractivity contribution in [3.63, 3.8) is 0 Å². The first-order valence-electron chi connectivity index (χ1n) is 3.60. The number of hydrogen-bond donors (Lipinski definition) is 0. The predicted octanol–water partition coefficient (Wildman–Crippen LogP) is 3.38. The quantitative estimate of drug-likeness (QED) is 0.591. The highest BCUT2D eigenvalue weighted by atomic mass is 35.5. The van der Waals surface area contributed by atoms with Crippen molar-refractivity contribution in [3.05, 3.63) is 47.0 Å². The summed E-state index contributed by atoms with van der Waals surface area (Å²) in [6.45, 7) is 5.76. The van der Waals surface area contributed by atoms with Crippen LogP contribution in [0.2, 0.25) is 5.02 Å². The van der Waals surface area contributed by atoms with Crippen molar-refractivity contribution in [1.82, 2.24) is 0 Å². The van der Waals surface area contributed by atoms with Crippen LogP contribution in [0.5, 0.6) is 0 Å². The molecular weight excluding hydrogens is 156 g/mol. The molecule has 1 heteroatoms. The van der Waals surface area contributed by atoms with Crippen molar-refractivity contribution in [2.45, 2.75) is 13.3 Å². The van der Waals surface area contributed by atoms with Gasteiger partial charge in [0.1, 0.15) is 0 Å². The van der Waals surface area contributed by atoms with Crippen LogP contribution in [0.3, 0.4) is 0 Å². The summed E-state index contributed by atoms with van der Waals surface area (Å²) >= 11 is 5.82. The maximum atomic E-state index is 5.82. The number of hydrogen-bond acceptors (Lipinski definition) is 0. The molecule has 0 aliphatic rings. The van der Waals surface area contributed by atoms with Gasteiger partial charge in [-0.15, -0.1) is 6.58 Å². The minimum atomic E-state index is 0.799. The Morgan fingerprint density at radius 2 is 2.27 bits per heavy atom. The van der Waals surface area contributed by atoms with Crippen LogP contribution < -0.4 is 0 Å². The van der Waals surface area contributed by atoms with Crippen LogP contribution in [0.15, 0.2) is 30.9 Å². The van der Waals surface area contributed by atoms with Gasteiger partial charge in [-0.1, -0.05) is 23.7 Å². The van der Waals surface area contributed by atoms with Gasteiger partial charge in [-0.25, -0.2) is 0 Å². The van der Waals surface area contributed by atoms with Crippen molar-refractivity contribution < 1.29 is 0 Å². The van der Waals surface area contributed by atoms with Crippen molar-refractivity contribution in [1.29, 1.82) is 0 Å². The Labute approximate surface area is 72.5 Å². The molecule has 0 amide bonds. The summed E-state index contributed by atoms with van der Waals surface area (Å²) in [5.41, 5.74) is 2.53. The second-order valence-corrected chi connectivity index (χ2v) is 3.00. The van der Waals surface area contributed by atoms with E-state index in [1.807, 2.05) is 24.3 Å². The molecule has 0 saturated carbocycles. The van der Waals surface area contributed by atoms with E-state index in [-0.39, 0.29) is 0 Å². The van der Waals surface area contributed by atoms with Gasteiger partial charge in [0, 0.05) is 5.02 Å². The number of halogens is 1. The summed E-state index contributed by atoms with van der Waals surface area (Å²) in [4.78, 5) is 0. The standard InChI is InChI=1S/C10H11Cl/c1-3-4-9-7-10(11)6-5-8(9)2/h3,5-7H,1,4H2,2H3. The molecular formula is C10H11Cl. The van der Waals surface area contributed by atoms with Crippen LogP contribution in [0.25, 0.3) is 0 Å². The zero-order valence-corrected chi connectivity index (χ0v) is 7.36. The maximum Gasteiger partial charge on any atom is 0.0409 e. The summed E-state index contributed by atoms with van der Waals surface area (Å²) in [5, 5.41) is 0.799. The Balaban J connectivity index is 3.01. The van der Waals surface area contributed by atoms with E-state index in [9.17, 15) is 0 Å². The molecule has 0 heterocycles. The molecule has 0 fully saturated rings. The van der Waals surface area contributed by atoms with Gasteiger partial charge in [-0.3, -0.25) is 0 Å². The summed E-state index contributed by atoms with van der Waals surface area (Å²) in [7, 11) is 0. The lowest BCUT2D eigenvalue weighted by Gasteiger charge is -2.01. The Hall–Kier alpha value is -0.750. The molecule has 0 unspecified atom stereocenters. The highest BCUT2D eigenvalue weighted by Gasteiger charge is 1.95. The topological polar surface area (TPSA) is 0 Å². The molecule has 0 atom stereocenters. The molecule has 0 saturated heterocycles. The number of aryl methyl sites for hydroxylation is 1. The molecule has 0 nitrogen and oxygen atoms in total. The van der Waals surface area contributed by atoms with E-state index < -0.39 is 0 Å². The molecule has 0 aromatic heterocycles. The second-order valence-electron chi connectivity index (χ2n) is 2.56. The fraction of sp³-hybridized carbons (Fsp3) is 0.200. The molecule has 1 aromatic rings. The van der Waals surface area contributed by atoms with E-state index in [0.717, 1.165) is 11.4 Å². The van der Waals surface area contributed by atoms with Crippen molar-refractivity contribution in [3.8, 4) is 0 Å². The molecule has 1 aromatic carbocycles. The first-order chi connectivity index (χ1) is 5.24. The monoisotopic (exact) mass is 166 g/mol. The average molecular weight is 167 g/mol. The number of allylic oxidation sites excluding steroid dienone is 1. The summed E-state index contributed by atoms with van der Waals surface area (Å²) < 4.78 is 0. The third-order valence-electron chi connectivity index (χ3n) is 1.68. The van der Waals surface area contributed by atoms with Crippen LogP contribution >= 0.6 is 11.6 Å². The Morgan fingerprint density at radius 1 is 1.55 bits per heavy atom. The SMILES string of the molecule is C=CCc1cc(Cl)ccc1C. The molecule has 58 valence electrons. The van der Waals surface area contributed by atoms with E-state index in [0.29, 0.717) is 0 Å². The fourth-order valence-corrected chi connectivity index (χ4v) is 1.21. The summed E-state index contributed by atoms with van der Waals surface area (Å²) in [6, 6.07) is 5.92. The average Bonchev–Trinajstić information content (AvgIpc) is 1.98. The molecule has 0 spiro atoms. The fourth-order valence-electron chi connectivity index (χ4n) is 1.02. The smallest absolute Gasteiger partial charge is 0.0409 e. The van der Waals surface area contributed by atoms with Crippen molar-refractivity contribution in [2.24, 2.45) is 0 Å². The lowest BCUT2D eigenvalue weighted by molar-refractivity contribution is 1.22. The van der Waals surface area contributed by atoms with Crippen molar-refractivity contribution >= 4 is 11.6 Å². The van der Waals surface area contributed by atoms with E-state index in [2.05, 4.69) is 13.5 Å². The van der Waals surface area contributed by atoms with Crippen molar-refractivity contribution in [2.75, 3.05) is 0 Å². The molecule has 0 radical (unpaired) electrons. The molecule has 0 aliphatic heterocycles. The molecule has 11 heavy (non-hydrogen) atoms. The van der Waals surface area contributed by atoms with Gasteiger partial charge in [0.15, 0.2) is 0 Å². The van der Waals surface area contributed by atoms with Gasteiger partial charge in [0.2, 0.25) is 0 Å². The maximum absolute atomic E-state index is 5.82. The van der Waals surface area contributed by atoms with Gasteiger partial charge in [0.05, 0.1) is 0 Å². The third-order valence-corrected chi connectivity index (χ3v) is 1.91. The van der Waals surface area contributed by atoms with Crippen LogP contribution in [0, 0.1) is 6.92 Å². The Kier molecular flexibility index (Phi) is 2.72. The van der Waals surface area contributed by atoms with Gasteiger partial charge < -0.3 is 0 Å². The van der Waals surface area contributed by atoms with E-state index >= 15 is 0 Å². The van der Waals surface area contributed by atoms with E-state index in [1.165, 1.54) is 11.1 Å². The summed E-state index contributed by atoms with van der Waals surface area (Å²) in [6.07, 6.45) is 2.78. The predicted molar refractivity (Wildman–Crippen MR) is 50.1 cm³/mol. The third kappa shape index (κ3) is 2.09. The van der Waals surface area contributed by atoms with Gasteiger partial charge >= 0.3 is 0 Å². The van der Waals surface area contributed by atoms with Gasteiger partial charge in [-0.2, -0.15) is 0 Å². The number of rotatable bonds is 2. The van der Waals surface area contributed by atoms with E-state index in [1.54, 1.807) is 0 Å². The largest absolute Gasteiger partial charge is 0.103 e. The normalized spacial score (nSPS) is 9.64. The van der Waals surface area contributed by atoms with Crippen LogP contribution in [-0.2, 0) is 6.42 Å². The second kappa shape index (κ2) is 3.59. The first kappa shape index (κ1) is 8.35. The highest BCUT2D eigenvalue weighted by molar-refractivity contribution is 6.30. The van der Waals surface area contributed by atoms with Gasteiger partial charge in [0.25, 0.3) is 0 Å². The Morgan fingerprint density at radius 3 is 2.91 bits per heavy atom. The summed E-state index contributed by atoms with van der Waals surface area (Å²) in [5.74, 6) is 0. The lowest BCUT2D eigenvalue weighted by atomic mass is 10.1. The molecule has 0 aliphatic carbocycles. The Bertz CT molecular complexity index is 264. The van der Waals surface area contributed by atoms with Crippen LogP contribution in [-0.4, -0.2) is 0 Å². The highest BCUT2D eigenvalue weighted by Crippen LogP contribution is 2.15. The number of benzene rings is 1. The molecule has 1 rings (SSSR count). The zero-order valence-electron chi connectivity index (χ0n) is 6.60. The van der Waals surface area contributed by atoms with Gasteiger partial charge in [-0.05, 0) is 36.6 Å². The molecule has 0 bridgehead atoms. The first-order valence-corrected chi connectivity index (χ1v) is 3.98.